The predicted octanol–water partition coefficient (Wildman–Crippen LogP) is 2.47. The van der Waals surface area contributed by atoms with Crippen molar-refractivity contribution in [3.8, 4) is 5.69 Å². The minimum Gasteiger partial charge on any atom is -0.353 e. The molecule has 0 radical (unpaired) electrons. The van der Waals surface area contributed by atoms with Crippen molar-refractivity contribution in [2.75, 3.05) is 19.1 Å². The van der Waals surface area contributed by atoms with Crippen LogP contribution in [0.3, 0.4) is 0 Å². The Kier molecular flexibility index (Phi) is 3.72. The highest BCUT2D eigenvalue weighted by atomic mass is 16.7. The maximum atomic E-state index is 5.56. The molecule has 1 aliphatic rings. The van der Waals surface area contributed by atoms with Gasteiger partial charge in [-0.15, -0.1) is 5.10 Å². The molecule has 7 nitrogen and oxygen atoms in total. The predicted molar refractivity (Wildman–Crippen MR) is 88.3 cm³/mol. The molecule has 1 unspecified atom stereocenters. The molecule has 1 atom stereocenters. The summed E-state index contributed by atoms with van der Waals surface area (Å²) in [6.45, 7) is 0. The van der Waals surface area contributed by atoms with Crippen LogP contribution in [0.4, 0.5) is 11.4 Å². The van der Waals surface area contributed by atoms with E-state index in [0.717, 1.165) is 17.1 Å². The van der Waals surface area contributed by atoms with Crippen LogP contribution in [0.15, 0.2) is 54.6 Å². The van der Waals surface area contributed by atoms with Crippen molar-refractivity contribution in [1.29, 1.82) is 0 Å². The van der Waals surface area contributed by atoms with Gasteiger partial charge in [0.2, 0.25) is 0 Å². The highest BCUT2D eigenvalue weighted by molar-refractivity contribution is 5.74. The average Bonchev–Trinajstić information content (AvgIpc) is 3.13. The van der Waals surface area contributed by atoms with Crippen molar-refractivity contribution >= 4 is 11.4 Å². The summed E-state index contributed by atoms with van der Waals surface area (Å²) in [6.07, 6.45) is -0.525. The number of para-hydroxylation sites is 3. The van der Waals surface area contributed by atoms with Crippen molar-refractivity contribution in [3.05, 3.63) is 60.4 Å². The van der Waals surface area contributed by atoms with E-state index in [1.54, 1.807) is 18.9 Å². The number of hydrogen-bond donors (Lipinski definition) is 0. The number of nitrogens with zero attached hydrogens (tertiary/aromatic N) is 5. The number of rotatable bonds is 4. The number of methoxy groups -OCH3 is 2. The fourth-order valence-corrected chi connectivity index (χ4v) is 3.15. The topological polar surface area (TPSA) is 65.3 Å². The Morgan fingerprint density at radius 1 is 0.917 bits per heavy atom. The van der Waals surface area contributed by atoms with Crippen molar-refractivity contribution in [3.63, 3.8) is 0 Å². The van der Waals surface area contributed by atoms with E-state index in [-0.39, 0.29) is 6.04 Å². The lowest BCUT2D eigenvalue weighted by atomic mass is 10.1. The van der Waals surface area contributed by atoms with Crippen LogP contribution in [0.2, 0.25) is 0 Å². The molecule has 1 aliphatic heterocycles. The first kappa shape index (κ1) is 14.8. The summed E-state index contributed by atoms with van der Waals surface area (Å²) < 4.78 is 12.9. The number of hydrogen-bond acceptors (Lipinski definition) is 6. The molecule has 0 N–H and O–H groups in total. The van der Waals surface area contributed by atoms with Crippen LogP contribution < -0.4 is 4.90 Å². The van der Waals surface area contributed by atoms with Gasteiger partial charge < -0.3 is 14.4 Å². The molecule has 2 aromatic carbocycles. The Labute approximate surface area is 139 Å². The van der Waals surface area contributed by atoms with E-state index in [1.165, 1.54) is 0 Å². The fourth-order valence-electron chi connectivity index (χ4n) is 3.15. The summed E-state index contributed by atoms with van der Waals surface area (Å²) >= 11 is 0. The van der Waals surface area contributed by atoms with Gasteiger partial charge in [0.05, 0.1) is 11.4 Å². The lowest BCUT2D eigenvalue weighted by Gasteiger charge is -2.40. The van der Waals surface area contributed by atoms with Gasteiger partial charge in [-0.05, 0) is 34.7 Å². The van der Waals surface area contributed by atoms with Gasteiger partial charge in [-0.3, -0.25) is 0 Å². The SMILES string of the molecule is COC(OC)C1c2nnnn2-c2ccccc2N1c1ccccc1. The summed E-state index contributed by atoms with van der Waals surface area (Å²) in [5.41, 5.74) is 2.93. The molecule has 24 heavy (non-hydrogen) atoms. The Hall–Kier alpha value is -2.77. The summed E-state index contributed by atoms with van der Waals surface area (Å²) in [7, 11) is 3.23. The van der Waals surface area contributed by atoms with Crippen LogP contribution in [0, 0.1) is 0 Å². The van der Waals surface area contributed by atoms with Crippen LogP contribution in [-0.4, -0.2) is 40.7 Å². The van der Waals surface area contributed by atoms with E-state index in [0.29, 0.717) is 5.82 Å². The Balaban J connectivity index is 1.97. The Morgan fingerprint density at radius 3 is 2.29 bits per heavy atom. The zero-order valence-corrected chi connectivity index (χ0v) is 13.4. The smallest absolute Gasteiger partial charge is 0.184 e. The third kappa shape index (κ3) is 2.17. The lowest BCUT2D eigenvalue weighted by molar-refractivity contribution is -0.119. The van der Waals surface area contributed by atoms with Gasteiger partial charge in [-0.2, -0.15) is 4.68 Å². The van der Waals surface area contributed by atoms with Gasteiger partial charge in [-0.25, -0.2) is 0 Å². The Morgan fingerprint density at radius 2 is 1.58 bits per heavy atom. The maximum Gasteiger partial charge on any atom is 0.184 e. The molecular weight excluding hydrogens is 306 g/mol. The normalized spacial score (nSPS) is 16.1. The number of tetrazole rings is 1. The molecule has 3 aromatic rings. The number of aromatic nitrogens is 4. The molecular formula is C17H17N5O2. The quantitative estimate of drug-likeness (QED) is 0.687. The van der Waals surface area contributed by atoms with Crippen molar-refractivity contribution < 1.29 is 9.47 Å². The first-order valence-electron chi connectivity index (χ1n) is 7.62. The van der Waals surface area contributed by atoms with E-state index in [9.17, 15) is 0 Å². The van der Waals surface area contributed by atoms with E-state index in [2.05, 4.69) is 20.4 Å². The number of benzene rings is 2. The second-order valence-electron chi connectivity index (χ2n) is 5.43. The minimum absolute atomic E-state index is 0.313. The minimum atomic E-state index is -0.525. The van der Waals surface area contributed by atoms with Crippen LogP contribution in [0.25, 0.3) is 5.69 Å². The molecule has 122 valence electrons. The van der Waals surface area contributed by atoms with Gasteiger partial charge in [-0.1, -0.05) is 30.3 Å². The van der Waals surface area contributed by atoms with Crippen molar-refractivity contribution in [1.82, 2.24) is 20.2 Å². The summed E-state index contributed by atoms with van der Waals surface area (Å²) in [4.78, 5) is 2.15. The molecule has 0 saturated carbocycles. The third-order valence-electron chi connectivity index (χ3n) is 4.16. The van der Waals surface area contributed by atoms with Gasteiger partial charge in [0.25, 0.3) is 0 Å². The molecule has 0 spiro atoms. The van der Waals surface area contributed by atoms with Crippen LogP contribution in [0.1, 0.15) is 11.9 Å². The van der Waals surface area contributed by atoms with Crippen LogP contribution >= 0.6 is 0 Å². The molecule has 0 fully saturated rings. The second kappa shape index (κ2) is 6.03. The van der Waals surface area contributed by atoms with Crippen molar-refractivity contribution in [2.45, 2.75) is 12.3 Å². The van der Waals surface area contributed by atoms with Crippen LogP contribution in [0.5, 0.6) is 0 Å². The maximum absolute atomic E-state index is 5.56. The molecule has 1 aromatic heterocycles. The highest BCUT2D eigenvalue weighted by Crippen LogP contribution is 2.43. The van der Waals surface area contributed by atoms with E-state index >= 15 is 0 Å². The largest absolute Gasteiger partial charge is 0.353 e. The molecule has 0 aliphatic carbocycles. The van der Waals surface area contributed by atoms with Crippen LogP contribution in [-0.2, 0) is 9.47 Å². The second-order valence-corrected chi connectivity index (χ2v) is 5.43. The average molecular weight is 323 g/mol. The summed E-state index contributed by atoms with van der Waals surface area (Å²) in [6, 6.07) is 17.8. The fraction of sp³-hybridized carbons (Fsp3) is 0.235. The third-order valence-corrected chi connectivity index (χ3v) is 4.16. The zero-order valence-electron chi connectivity index (χ0n) is 13.4. The molecule has 0 saturated heterocycles. The van der Waals surface area contributed by atoms with Gasteiger partial charge in [0, 0.05) is 19.9 Å². The first-order chi connectivity index (χ1) is 11.8. The monoisotopic (exact) mass is 323 g/mol. The van der Waals surface area contributed by atoms with E-state index < -0.39 is 6.29 Å². The molecule has 2 heterocycles. The number of anilines is 2. The standard InChI is InChI=1S/C17H17N5O2/c1-23-17(24-2)15-16-18-19-20-22(16)14-11-7-6-10-13(14)21(15)12-8-4-3-5-9-12/h3-11,15,17H,1-2H3. The van der Waals surface area contributed by atoms with E-state index in [1.807, 2.05) is 54.6 Å². The molecule has 0 amide bonds. The molecule has 0 bridgehead atoms. The van der Waals surface area contributed by atoms with Crippen molar-refractivity contribution in [2.24, 2.45) is 0 Å². The van der Waals surface area contributed by atoms with Gasteiger partial charge in [0.15, 0.2) is 12.1 Å². The summed E-state index contributed by atoms with van der Waals surface area (Å²) in [5, 5.41) is 12.2. The summed E-state index contributed by atoms with van der Waals surface area (Å²) in [5.74, 6) is 0.672. The van der Waals surface area contributed by atoms with Gasteiger partial charge in [0.1, 0.15) is 6.04 Å². The van der Waals surface area contributed by atoms with E-state index in [4.69, 9.17) is 9.47 Å². The lowest BCUT2D eigenvalue weighted by Crippen LogP contribution is -2.40. The first-order valence-corrected chi connectivity index (χ1v) is 7.62. The highest BCUT2D eigenvalue weighted by Gasteiger charge is 2.40. The molecule has 4 rings (SSSR count). The molecule has 7 heteroatoms. The van der Waals surface area contributed by atoms with Gasteiger partial charge >= 0.3 is 0 Å². The Bertz CT molecular complexity index is 832. The zero-order chi connectivity index (χ0) is 16.5. The number of fused-ring (bicyclic) bond motifs is 3. The number of ether oxygens (including phenoxy) is 2.